The Hall–Kier alpha value is -1.39. The third-order valence-electron chi connectivity index (χ3n) is 3.35. The fourth-order valence-electron chi connectivity index (χ4n) is 2.33. The highest BCUT2D eigenvalue weighted by Gasteiger charge is 2.23. The summed E-state index contributed by atoms with van der Waals surface area (Å²) in [5, 5.41) is 22.7. The highest BCUT2D eigenvalue weighted by molar-refractivity contribution is 5.66. The molecule has 0 aliphatic carbocycles. The van der Waals surface area contributed by atoms with Crippen LogP contribution < -0.4 is 5.32 Å². The van der Waals surface area contributed by atoms with Gasteiger partial charge in [0, 0.05) is 18.5 Å². The van der Waals surface area contributed by atoms with Gasteiger partial charge in [0.15, 0.2) is 0 Å². The number of aliphatic hydroxyl groups is 1. The molecule has 0 aliphatic heterocycles. The van der Waals surface area contributed by atoms with Crippen LogP contribution in [0.3, 0.4) is 0 Å². The topological polar surface area (TPSA) is 69.6 Å². The smallest absolute Gasteiger partial charge is 0.303 e. The van der Waals surface area contributed by atoms with Crippen LogP contribution in [0.4, 0.5) is 0 Å². The summed E-state index contributed by atoms with van der Waals surface area (Å²) in [6, 6.07) is 5.89. The maximum atomic E-state index is 10.8. The highest BCUT2D eigenvalue weighted by atomic mass is 16.4. The average molecular weight is 279 g/mol. The number of hydrogen-bond donors (Lipinski definition) is 3. The van der Waals surface area contributed by atoms with E-state index < -0.39 is 12.1 Å². The van der Waals surface area contributed by atoms with E-state index >= 15 is 0 Å². The normalized spacial score (nSPS) is 14.3. The second-order valence-electron chi connectivity index (χ2n) is 5.67. The summed E-state index contributed by atoms with van der Waals surface area (Å²) < 4.78 is 0. The van der Waals surface area contributed by atoms with Crippen LogP contribution in [0.25, 0.3) is 0 Å². The average Bonchev–Trinajstić information content (AvgIpc) is 2.36. The summed E-state index contributed by atoms with van der Waals surface area (Å²) in [6.07, 6.45) is -0.245. The Morgan fingerprint density at radius 1 is 1.30 bits per heavy atom. The molecule has 1 rings (SSSR count). The third-order valence-corrected chi connectivity index (χ3v) is 3.35. The van der Waals surface area contributed by atoms with Crippen LogP contribution in [0.15, 0.2) is 18.2 Å². The number of nitrogens with one attached hydrogen (secondary N) is 1. The first-order valence-electron chi connectivity index (χ1n) is 7.04. The maximum Gasteiger partial charge on any atom is 0.303 e. The van der Waals surface area contributed by atoms with Gasteiger partial charge in [-0.2, -0.15) is 0 Å². The molecule has 0 saturated carbocycles. The molecule has 0 bridgehead atoms. The van der Waals surface area contributed by atoms with Gasteiger partial charge in [0.1, 0.15) is 0 Å². The number of aliphatic carboxylic acids is 1. The predicted molar refractivity (Wildman–Crippen MR) is 79.8 cm³/mol. The number of carboxylic acids is 1. The molecule has 0 amide bonds. The van der Waals surface area contributed by atoms with Gasteiger partial charge in [-0.05, 0) is 31.4 Å². The fraction of sp³-hybridized carbons (Fsp3) is 0.562. The lowest BCUT2D eigenvalue weighted by Gasteiger charge is -2.27. The van der Waals surface area contributed by atoms with Gasteiger partial charge < -0.3 is 15.5 Å². The SMILES string of the molecule is Cc1ccc(C)c(C(O)C(CCC(=O)O)NC(C)C)c1. The number of rotatable bonds is 7. The first kappa shape index (κ1) is 16.7. The Kier molecular flexibility index (Phi) is 6.17. The van der Waals surface area contributed by atoms with Crippen molar-refractivity contribution in [1.82, 2.24) is 5.32 Å². The van der Waals surface area contributed by atoms with E-state index in [0.717, 1.165) is 16.7 Å². The third kappa shape index (κ3) is 4.94. The minimum atomic E-state index is -0.839. The lowest BCUT2D eigenvalue weighted by molar-refractivity contribution is -0.137. The quantitative estimate of drug-likeness (QED) is 0.717. The number of carboxylic acid groups (broad SMARTS) is 1. The zero-order valence-electron chi connectivity index (χ0n) is 12.7. The summed E-state index contributed by atoms with van der Waals surface area (Å²) in [5.41, 5.74) is 2.98. The van der Waals surface area contributed by atoms with E-state index in [1.54, 1.807) is 0 Å². The largest absolute Gasteiger partial charge is 0.481 e. The van der Waals surface area contributed by atoms with Crippen LogP contribution in [0, 0.1) is 13.8 Å². The van der Waals surface area contributed by atoms with Crippen LogP contribution in [0.5, 0.6) is 0 Å². The van der Waals surface area contributed by atoms with Crippen LogP contribution in [-0.4, -0.2) is 28.3 Å². The van der Waals surface area contributed by atoms with Gasteiger partial charge in [0.05, 0.1) is 6.10 Å². The lowest BCUT2D eigenvalue weighted by atomic mass is 9.93. The molecule has 1 aromatic rings. The molecule has 4 heteroatoms. The number of carbonyl (C=O) groups is 1. The Morgan fingerprint density at radius 2 is 1.95 bits per heavy atom. The molecule has 0 fully saturated rings. The first-order valence-corrected chi connectivity index (χ1v) is 7.04. The molecule has 1 aromatic carbocycles. The molecular formula is C16H25NO3. The van der Waals surface area contributed by atoms with Crippen molar-refractivity contribution in [2.45, 2.75) is 58.7 Å². The van der Waals surface area contributed by atoms with Gasteiger partial charge in [0.2, 0.25) is 0 Å². The summed E-state index contributed by atoms with van der Waals surface area (Å²) in [5.74, 6) is -0.839. The minimum absolute atomic E-state index is 0.0479. The highest BCUT2D eigenvalue weighted by Crippen LogP contribution is 2.24. The number of benzene rings is 1. The maximum absolute atomic E-state index is 10.8. The van der Waals surface area contributed by atoms with Gasteiger partial charge in [-0.3, -0.25) is 4.79 Å². The first-order chi connectivity index (χ1) is 9.31. The minimum Gasteiger partial charge on any atom is -0.481 e. The second-order valence-corrected chi connectivity index (χ2v) is 5.67. The summed E-state index contributed by atoms with van der Waals surface area (Å²) in [6.45, 7) is 7.92. The zero-order chi connectivity index (χ0) is 15.3. The van der Waals surface area contributed by atoms with Gasteiger partial charge in [0.25, 0.3) is 0 Å². The molecule has 0 spiro atoms. The number of hydrogen-bond acceptors (Lipinski definition) is 3. The van der Waals surface area contributed by atoms with Crippen molar-refractivity contribution in [3.05, 3.63) is 34.9 Å². The molecule has 0 heterocycles. The molecule has 0 radical (unpaired) electrons. The summed E-state index contributed by atoms with van der Waals surface area (Å²) in [4.78, 5) is 10.8. The van der Waals surface area contributed by atoms with E-state index in [9.17, 15) is 9.90 Å². The molecule has 112 valence electrons. The van der Waals surface area contributed by atoms with E-state index in [0.29, 0.717) is 6.42 Å². The molecule has 20 heavy (non-hydrogen) atoms. The summed E-state index contributed by atoms with van der Waals surface area (Å²) >= 11 is 0. The Morgan fingerprint density at radius 3 is 2.50 bits per heavy atom. The van der Waals surface area contributed by atoms with E-state index in [1.165, 1.54) is 0 Å². The Labute approximate surface area is 120 Å². The van der Waals surface area contributed by atoms with Gasteiger partial charge in [-0.25, -0.2) is 0 Å². The zero-order valence-corrected chi connectivity index (χ0v) is 12.7. The Balaban J connectivity index is 2.93. The van der Waals surface area contributed by atoms with Gasteiger partial charge >= 0.3 is 5.97 Å². The second kappa shape index (κ2) is 7.41. The standard InChI is InChI=1S/C16H25NO3/c1-10(2)17-14(7-8-15(18)19)16(20)13-9-11(3)5-6-12(13)4/h5-6,9-10,14,16-17,20H,7-8H2,1-4H3,(H,18,19). The molecular weight excluding hydrogens is 254 g/mol. The molecule has 0 aliphatic rings. The molecule has 3 N–H and O–H groups in total. The Bertz CT molecular complexity index is 457. The van der Waals surface area contributed by atoms with Crippen molar-refractivity contribution in [2.24, 2.45) is 0 Å². The predicted octanol–water partition coefficient (Wildman–Crippen LogP) is 2.57. The van der Waals surface area contributed by atoms with E-state index in [-0.39, 0.29) is 18.5 Å². The molecule has 0 saturated heterocycles. The van der Waals surface area contributed by atoms with Crippen molar-refractivity contribution in [1.29, 1.82) is 0 Å². The summed E-state index contributed by atoms with van der Waals surface area (Å²) in [7, 11) is 0. The van der Waals surface area contributed by atoms with E-state index in [2.05, 4.69) is 5.32 Å². The van der Waals surface area contributed by atoms with Crippen LogP contribution >= 0.6 is 0 Å². The monoisotopic (exact) mass is 279 g/mol. The van der Waals surface area contributed by atoms with Crippen molar-refractivity contribution < 1.29 is 15.0 Å². The van der Waals surface area contributed by atoms with E-state index in [1.807, 2.05) is 45.9 Å². The van der Waals surface area contributed by atoms with Crippen molar-refractivity contribution in [3.63, 3.8) is 0 Å². The van der Waals surface area contributed by atoms with Crippen LogP contribution in [-0.2, 0) is 4.79 Å². The van der Waals surface area contributed by atoms with Gasteiger partial charge in [-0.1, -0.05) is 37.6 Å². The van der Waals surface area contributed by atoms with E-state index in [4.69, 9.17) is 5.11 Å². The van der Waals surface area contributed by atoms with Crippen LogP contribution in [0.2, 0.25) is 0 Å². The molecule has 2 atom stereocenters. The molecule has 0 aromatic heterocycles. The molecule has 4 nitrogen and oxygen atoms in total. The molecule has 2 unspecified atom stereocenters. The number of aliphatic hydroxyl groups excluding tert-OH is 1. The van der Waals surface area contributed by atoms with Crippen molar-refractivity contribution in [2.75, 3.05) is 0 Å². The van der Waals surface area contributed by atoms with Crippen molar-refractivity contribution >= 4 is 5.97 Å². The number of aryl methyl sites for hydroxylation is 2. The fourth-order valence-corrected chi connectivity index (χ4v) is 2.33. The van der Waals surface area contributed by atoms with Crippen molar-refractivity contribution in [3.8, 4) is 0 Å². The van der Waals surface area contributed by atoms with Gasteiger partial charge in [-0.15, -0.1) is 0 Å². The lowest BCUT2D eigenvalue weighted by Crippen LogP contribution is -2.40. The van der Waals surface area contributed by atoms with Crippen LogP contribution in [0.1, 0.15) is 49.5 Å².